The van der Waals surface area contributed by atoms with Crippen molar-refractivity contribution in [2.75, 3.05) is 13.2 Å². The van der Waals surface area contributed by atoms with Crippen LogP contribution in [0.2, 0.25) is 0 Å². The van der Waals surface area contributed by atoms with Gasteiger partial charge in [0.1, 0.15) is 0 Å². The van der Waals surface area contributed by atoms with Crippen molar-refractivity contribution in [1.82, 2.24) is 0 Å². The molecule has 0 saturated heterocycles. The lowest BCUT2D eigenvalue weighted by atomic mass is 9.97. The van der Waals surface area contributed by atoms with Crippen LogP contribution in [0.4, 0.5) is 0 Å². The Morgan fingerprint density at radius 2 is 1.10 bits per heavy atom. The highest BCUT2D eigenvalue weighted by molar-refractivity contribution is 5.66. The molecule has 0 bridgehead atoms. The standard InChI is InChI=1S/C5H12O2.2C5H10O2/c1-5(2,3-6)4-7;2*1-2-3-4-5(6)7/h6-7H,3-4H2,1-2H3;2*2-4H2,1H3,(H,6,7). The van der Waals surface area contributed by atoms with Gasteiger partial charge in [0, 0.05) is 18.3 Å². The van der Waals surface area contributed by atoms with Gasteiger partial charge in [-0.3, -0.25) is 9.59 Å². The van der Waals surface area contributed by atoms with E-state index in [2.05, 4.69) is 0 Å². The lowest BCUT2D eigenvalue weighted by Gasteiger charge is -2.16. The van der Waals surface area contributed by atoms with Gasteiger partial charge in [-0.1, -0.05) is 40.5 Å². The molecule has 6 nitrogen and oxygen atoms in total. The van der Waals surface area contributed by atoms with Gasteiger partial charge in [0.25, 0.3) is 0 Å². The first-order valence-corrected chi connectivity index (χ1v) is 7.32. The minimum absolute atomic E-state index is 0.0451. The number of aliphatic carboxylic acids is 2. The minimum atomic E-state index is -0.693. The van der Waals surface area contributed by atoms with Gasteiger partial charge in [-0.15, -0.1) is 0 Å². The third-order valence-electron chi connectivity index (χ3n) is 2.34. The highest BCUT2D eigenvalue weighted by Crippen LogP contribution is 2.10. The van der Waals surface area contributed by atoms with Crippen LogP contribution in [0, 0.1) is 5.41 Å². The van der Waals surface area contributed by atoms with Crippen LogP contribution >= 0.6 is 0 Å². The molecule has 0 spiro atoms. The number of rotatable bonds is 8. The molecule has 0 aromatic carbocycles. The van der Waals surface area contributed by atoms with E-state index in [9.17, 15) is 9.59 Å². The third kappa shape index (κ3) is 32.4. The van der Waals surface area contributed by atoms with Crippen LogP contribution in [0.3, 0.4) is 0 Å². The average Bonchev–Trinajstić information content (AvgIpc) is 2.44. The first-order valence-electron chi connectivity index (χ1n) is 7.32. The van der Waals surface area contributed by atoms with Gasteiger partial charge in [-0.05, 0) is 12.8 Å². The molecule has 4 N–H and O–H groups in total. The monoisotopic (exact) mass is 308 g/mol. The van der Waals surface area contributed by atoms with E-state index in [1.165, 1.54) is 0 Å². The smallest absolute Gasteiger partial charge is 0.303 e. The van der Waals surface area contributed by atoms with Gasteiger partial charge in [-0.2, -0.15) is 0 Å². The topological polar surface area (TPSA) is 115 Å². The van der Waals surface area contributed by atoms with Gasteiger partial charge in [0.05, 0.1) is 13.2 Å². The van der Waals surface area contributed by atoms with Crippen molar-refractivity contribution >= 4 is 11.9 Å². The third-order valence-corrected chi connectivity index (χ3v) is 2.34. The zero-order valence-electron chi connectivity index (χ0n) is 13.8. The van der Waals surface area contributed by atoms with Gasteiger partial charge in [0.15, 0.2) is 0 Å². The molecule has 0 unspecified atom stereocenters. The summed E-state index contributed by atoms with van der Waals surface area (Å²) in [6, 6.07) is 0. The molecule has 21 heavy (non-hydrogen) atoms. The maximum Gasteiger partial charge on any atom is 0.303 e. The molecule has 0 aliphatic heterocycles. The molecule has 0 aliphatic rings. The summed E-state index contributed by atoms with van der Waals surface area (Å²) in [4.78, 5) is 19.5. The number of hydrogen-bond acceptors (Lipinski definition) is 4. The summed E-state index contributed by atoms with van der Waals surface area (Å²) in [5.41, 5.74) is -0.306. The average molecular weight is 308 g/mol. The molecule has 0 atom stereocenters. The first-order chi connectivity index (χ1) is 9.66. The zero-order valence-corrected chi connectivity index (χ0v) is 13.8. The van der Waals surface area contributed by atoms with Crippen molar-refractivity contribution in [3.63, 3.8) is 0 Å². The largest absolute Gasteiger partial charge is 0.481 e. The summed E-state index contributed by atoms with van der Waals surface area (Å²) in [5, 5.41) is 33.0. The summed E-state index contributed by atoms with van der Waals surface area (Å²) in [7, 11) is 0. The lowest BCUT2D eigenvalue weighted by Crippen LogP contribution is -2.20. The minimum Gasteiger partial charge on any atom is -0.481 e. The molecular weight excluding hydrogens is 276 g/mol. The molecule has 6 heteroatoms. The predicted octanol–water partition coefficient (Wildman–Crippen LogP) is 2.52. The van der Waals surface area contributed by atoms with Gasteiger partial charge in [-0.25, -0.2) is 0 Å². The Kier molecular flexibility index (Phi) is 20.0. The number of carbonyl (C=O) groups is 2. The van der Waals surface area contributed by atoms with Crippen LogP contribution in [0.1, 0.15) is 66.2 Å². The second kappa shape index (κ2) is 16.9. The Morgan fingerprint density at radius 1 is 0.810 bits per heavy atom. The molecule has 0 aromatic rings. The van der Waals surface area contributed by atoms with E-state index in [4.69, 9.17) is 20.4 Å². The number of hydrogen-bond donors (Lipinski definition) is 4. The Morgan fingerprint density at radius 3 is 1.14 bits per heavy atom. The molecule has 0 heterocycles. The van der Waals surface area contributed by atoms with Gasteiger partial charge >= 0.3 is 11.9 Å². The fraction of sp³-hybridized carbons (Fsp3) is 0.867. The van der Waals surface area contributed by atoms with E-state index in [1.54, 1.807) is 13.8 Å². The maximum atomic E-state index is 9.76. The quantitative estimate of drug-likeness (QED) is 0.547. The van der Waals surface area contributed by atoms with Gasteiger partial charge in [0.2, 0.25) is 0 Å². The Bertz CT molecular complexity index is 227. The van der Waals surface area contributed by atoms with Crippen LogP contribution in [-0.2, 0) is 9.59 Å². The SMILES string of the molecule is CC(C)(CO)CO.CCCCC(=O)O.CCCCC(=O)O. The second-order valence-electron chi connectivity index (χ2n) is 5.48. The van der Waals surface area contributed by atoms with E-state index in [0.29, 0.717) is 12.8 Å². The zero-order chi connectivity index (χ0) is 17.3. The van der Waals surface area contributed by atoms with Crippen molar-refractivity contribution in [2.24, 2.45) is 5.41 Å². The fourth-order valence-electron chi connectivity index (χ4n) is 0.706. The predicted molar refractivity (Wildman–Crippen MR) is 82.3 cm³/mol. The highest BCUT2D eigenvalue weighted by atomic mass is 16.4. The van der Waals surface area contributed by atoms with Crippen LogP contribution < -0.4 is 0 Å². The van der Waals surface area contributed by atoms with Crippen LogP contribution in [0.15, 0.2) is 0 Å². The molecule has 0 aliphatic carbocycles. The molecule has 128 valence electrons. The molecule has 0 saturated carbocycles. The van der Waals surface area contributed by atoms with E-state index in [-0.39, 0.29) is 18.6 Å². The number of aliphatic hydroxyl groups excluding tert-OH is 2. The molecule has 0 amide bonds. The fourth-order valence-corrected chi connectivity index (χ4v) is 0.706. The molecule has 0 fully saturated rings. The van der Waals surface area contributed by atoms with Crippen molar-refractivity contribution in [2.45, 2.75) is 66.2 Å². The first kappa shape index (κ1) is 24.9. The summed E-state index contributed by atoms with van der Waals surface area (Å²) < 4.78 is 0. The maximum absolute atomic E-state index is 9.76. The van der Waals surface area contributed by atoms with Crippen LogP contribution in [0.25, 0.3) is 0 Å². The van der Waals surface area contributed by atoms with Crippen molar-refractivity contribution in [1.29, 1.82) is 0 Å². The number of carboxylic acid groups (broad SMARTS) is 2. The summed E-state index contributed by atoms with van der Waals surface area (Å²) in [6.07, 6.45) is 4.16. The number of unbranched alkanes of at least 4 members (excludes halogenated alkanes) is 2. The number of carboxylic acids is 2. The van der Waals surface area contributed by atoms with Crippen LogP contribution in [-0.4, -0.2) is 45.6 Å². The van der Waals surface area contributed by atoms with E-state index >= 15 is 0 Å². The molecule has 0 rings (SSSR count). The summed E-state index contributed by atoms with van der Waals surface area (Å²) >= 11 is 0. The van der Waals surface area contributed by atoms with Crippen LogP contribution in [0.5, 0.6) is 0 Å². The highest BCUT2D eigenvalue weighted by Gasteiger charge is 2.13. The normalized spacial score (nSPS) is 9.81. The van der Waals surface area contributed by atoms with Crippen molar-refractivity contribution in [3.05, 3.63) is 0 Å². The summed E-state index contributed by atoms with van der Waals surface area (Å²) in [6.45, 7) is 7.64. The molecule has 0 aromatic heterocycles. The Labute approximate surface area is 127 Å². The second-order valence-corrected chi connectivity index (χ2v) is 5.48. The summed E-state index contributed by atoms with van der Waals surface area (Å²) in [5.74, 6) is -1.39. The molecular formula is C15H32O6. The lowest BCUT2D eigenvalue weighted by molar-refractivity contribution is -0.138. The van der Waals surface area contributed by atoms with E-state index in [0.717, 1.165) is 25.7 Å². The van der Waals surface area contributed by atoms with Crippen molar-refractivity contribution < 1.29 is 30.0 Å². The van der Waals surface area contributed by atoms with E-state index in [1.807, 2.05) is 13.8 Å². The molecule has 0 radical (unpaired) electrons. The van der Waals surface area contributed by atoms with Crippen molar-refractivity contribution in [3.8, 4) is 0 Å². The Hall–Kier alpha value is -1.14. The Balaban J connectivity index is -0.000000231. The van der Waals surface area contributed by atoms with E-state index < -0.39 is 11.9 Å². The number of aliphatic hydroxyl groups is 2. The van der Waals surface area contributed by atoms with Gasteiger partial charge < -0.3 is 20.4 Å².